The predicted octanol–water partition coefficient (Wildman–Crippen LogP) is -0.434. The van der Waals surface area contributed by atoms with E-state index in [1.54, 1.807) is 7.05 Å². The average Bonchev–Trinajstić information content (AvgIpc) is 2.29. The first-order valence-electron chi connectivity index (χ1n) is 3.82. The molecule has 0 unspecified atom stereocenters. The van der Waals surface area contributed by atoms with Crippen LogP contribution in [-0.4, -0.2) is 40.1 Å². The summed E-state index contributed by atoms with van der Waals surface area (Å²) in [4.78, 5) is 22.9. The van der Waals surface area contributed by atoms with E-state index in [9.17, 15) is 9.59 Å². The molecule has 0 aliphatic carbocycles. The van der Waals surface area contributed by atoms with Crippen LogP contribution >= 0.6 is 12.2 Å². The van der Waals surface area contributed by atoms with Crippen LogP contribution in [0.1, 0.15) is 12.8 Å². The molecule has 0 bridgehead atoms. The number of nitrogens with one attached hydrogen (secondary N) is 1. The van der Waals surface area contributed by atoms with Crippen LogP contribution in [0.5, 0.6) is 0 Å². The lowest BCUT2D eigenvalue weighted by molar-refractivity contribution is -0.137. The third-order valence-electron chi connectivity index (χ3n) is 1.88. The summed E-state index contributed by atoms with van der Waals surface area (Å²) in [5, 5.41) is 11.5. The van der Waals surface area contributed by atoms with E-state index in [1.165, 1.54) is 4.90 Å². The van der Waals surface area contributed by atoms with Crippen LogP contribution in [0.15, 0.2) is 0 Å². The van der Waals surface area contributed by atoms with Crippen LogP contribution in [-0.2, 0) is 9.59 Å². The molecule has 1 rings (SSSR count). The molecular weight excluding hydrogens is 192 g/mol. The highest BCUT2D eigenvalue weighted by Gasteiger charge is 2.32. The number of aliphatic carboxylic acids is 1. The van der Waals surface area contributed by atoms with Gasteiger partial charge in [0.15, 0.2) is 5.11 Å². The number of hydrogen-bond acceptors (Lipinski definition) is 3. The number of thiocarbonyl (C=S) groups is 1. The summed E-state index contributed by atoms with van der Waals surface area (Å²) < 4.78 is 0. The third kappa shape index (κ3) is 2.15. The molecule has 1 aliphatic heterocycles. The Balaban J connectivity index is 2.49. The van der Waals surface area contributed by atoms with Gasteiger partial charge in [-0.05, 0) is 18.6 Å². The number of amides is 1. The van der Waals surface area contributed by atoms with Gasteiger partial charge in [-0.15, -0.1) is 0 Å². The Kier molecular flexibility index (Phi) is 2.82. The standard InChI is InChI=1S/C7H10N2O3S/c1-9-6(12)4(8-7(9)13)2-3-5(10)11/h4H,2-3H2,1H3,(H,8,13)(H,10,11)/t4-/m1/s1. The van der Waals surface area contributed by atoms with Crippen molar-refractivity contribution >= 4 is 29.2 Å². The lowest BCUT2D eigenvalue weighted by Gasteiger charge is -2.05. The molecule has 0 aromatic heterocycles. The van der Waals surface area contributed by atoms with Crippen molar-refractivity contribution in [3.63, 3.8) is 0 Å². The normalized spacial score (nSPS) is 21.9. The Morgan fingerprint density at radius 3 is 2.77 bits per heavy atom. The summed E-state index contributed by atoms with van der Waals surface area (Å²) in [7, 11) is 1.57. The van der Waals surface area contributed by atoms with Gasteiger partial charge in [-0.3, -0.25) is 14.5 Å². The first kappa shape index (κ1) is 9.91. The molecule has 0 aromatic rings. The Bertz CT molecular complexity index is 266. The lowest BCUT2D eigenvalue weighted by atomic mass is 10.1. The van der Waals surface area contributed by atoms with Gasteiger partial charge in [0.25, 0.3) is 5.91 Å². The van der Waals surface area contributed by atoms with Gasteiger partial charge in [0.1, 0.15) is 6.04 Å². The van der Waals surface area contributed by atoms with E-state index in [0.717, 1.165) is 0 Å². The van der Waals surface area contributed by atoms with E-state index in [1.807, 2.05) is 0 Å². The quantitative estimate of drug-likeness (QED) is 0.607. The molecule has 72 valence electrons. The van der Waals surface area contributed by atoms with Crippen molar-refractivity contribution in [1.29, 1.82) is 0 Å². The zero-order valence-electron chi connectivity index (χ0n) is 7.11. The van der Waals surface area contributed by atoms with Crippen molar-refractivity contribution in [2.75, 3.05) is 7.05 Å². The first-order valence-corrected chi connectivity index (χ1v) is 4.23. The SMILES string of the molecule is CN1C(=O)[C@@H](CCC(=O)O)NC1=S. The molecule has 1 saturated heterocycles. The van der Waals surface area contributed by atoms with Gasteiger partial charge >= 0.3 is 5.97 Å². The molecule has 0 aromatic carbocycles. The van der Waals surface area contributed by atoms with Gasteiger partial charge in [0.05, 0.1) is 0 Å². The minimum Gasteiger partial charge on any atom is -0.481 e. The van der Waals surface area contributed by atoms with E-state index < -0.39 is 12.0 Å². The molecule has 5 nitrogen and oxygen atoms in total. The van der Waals surface area contributed by atoms with Gasteiger partial charge in [0, 0.05) is 13.5 Å². The predicted molar refractivity (Wildman–Crippen MR) is 49.2 cm³/mol. The van der Waals surface area contributed by atoms with Gasteiger partial charge in [0.2, 0.25) is 0 Å². The average molecular weight is 202 g/mol. The Morgan fingerprint density at radius 2 is 2.38 bits per heavy atom. The fourth-order valence-corrected chi connectivity index (χ4v) is 1.34. The highest BCUT2D eigenvalue weighted by molar-refractivity contribution is 7.80. The first-order chi connectivity index (χ1) is 6.02. The molecule has 1 fully saturated rings. The number of hydrogen-bond donors (Lipinski definition) is 2. The summed E-state index contributed by atoms with van der Waals surface area (Å²) in [6.45, 7) is 0. The molecule has 1 amide bonds. The van der Waals surface area contributed by atoms with Crippen molar-refractivity contribution in [3.8, 4) is 0 Å². The summed E-state index contributed by atoms with van der Waals surface area (Å²) >= 11 is 4.82. The second-order valence-electron chi connectivity index (χ2n) is 2.83. The van der Waals surface area contributed by atoms with Crippen LogP contribution in [0.25, 0.3) is 0 Å². The van der Waals surface area contributed by atoms with Crippen LogP contribution in [0.4, 0.5) is 0 Å². The second-order valence-corrected chi connectivity index (χ2v) is 3.22. The Hall–Kier alpha value is -1.17. The molecule has 2 N–H and O–H groups in total. The van der Waals surface area contributed by atoms with Gasteiger partial charge in [-0.25, -0.2) is 0 Å². The van der Waals surface area contributed by atoms with Crippen LogP contribution in [0.3, 0.4) is 0 Å². The molecule has 1 heterocycles. The summed E-state index contributed by atoms with van der Waals surface area (Å²) in [6, 6.07) is -0.464. The third-order valence-corrected chi connectivity index (χ3v) is 2.27. The van der Waals surface area contributed by atoms with Gasteiger partial charge in [-0.1, -0.05) is 0 Å². The fraction of sp³-hybridized carbons (Fsp3) is 0.571. The Labute approximate surface area is 80.7 Å². The maximum absolute atomic E-state index is 11.3. The van der Waals surface area contributed by atoms with Crippen molar-refractivity contribution in [2.24, 2.45) is 0 Å². The number of likely N-dealkylation sites (N-methyl/N-ethyl adjacent to an activating group) is 1. The lowest BCUT2D eigenvalue weighted by Crippen LogP contribution is -2.29. The fourth-order valence-electron chi connectivity index (χ4n) is 1.10. The maximum Gasteiger partial charge on any atom is 0.303 e. The molecule has 1 aliphatic rings. The van der Waals surface area contributed by atoms with Crippen molar-refractivity contribution in [3.05, 3.63) is 0 Å². The van der Waals surface area contributed by atoms with Gasteiger partial charge in [-0.2, -0.15) is 0 Å². The highest BCUT2D eigenvalue weighted by atomic mass is 32.1. The maximum atomic E-state index is 11.3. The number of rotatable bonds is 3. The van der Waals surface area contributed by atoms with Crippen molar-refractivity contribution < 1.29 is 14.7 Å². The zero-order chi connectivity index (χ0) is 10.0. The van der Waals surface area contributed by atoms with E-state index in [-0.39, 0.29) is 18.7 Å². The number of carboxylic acids is 1. The smallest absolute Gasteiger partial charge is 0.303 e. The zero-order valence-corrected chi connectivity index (χ0v) is 7.93. The molecular formula is C7H10N2O3S. The van der Waals surface area contributed by atoms with E-state index in [0.29, 0.717) is 5.11 Å². The number of nitrogens with zero attached hydrogens (tertiary/aromatic N) is 1. The minimum absolute atomic E-state index is 0.0279. The topological polar surface area (TPSA) is 69.6 Å². The van der Waals surface area contributed by atoms with Crippen molar-refractivity contribution in [1.82, 2.24) is 10.2 Å². The monoisotopic (exact) mass is 202 g/mol. The molecule has 0 saturated carbocycles. The number of carboxylic acid groups (broad SMARTS) is 1. The largest absolute Gasteiger partial charge is 0.481 e. The Morgan fingerprint density at radius 1 is 1.77 bits per heavy atom. The molecule has 1 atom stereocenters. The molecule has 13 heavy (non-hydrogen) atoms. The van der Waals surface area contributed by atoms with E-state index in [2.05, 4.69) is 5.32 Å². The molecule has 0 radical (unpaired) electrons. The minimum atomic E-state index is -0.907. The van der Waals surface area contributed by atoms with Crippen LogP contribution in [0, 0.1) is 0 Å². The van der Waals surface area contributed by atoms with Gasteiger partial charge < -0.3 is 10.4 Å². The van der Waals surface area contributed by atoms with E-state index in [4.69, 9.17) is 17.3 Å². The second kappa shape index (κ2) is 3.69. The highest BCUT2D eigenvalue weighted by Crippen LogP contribution is 2.08. The summed E-state index contributed by atoms with van der Waals surface area (Å²) in [5.41, 5.74) is 0. The van der Waals surface area contributed by atoms with E-state index >= 15 is 0 Å². The summed E-state index contributed by atoms with van der Waals surface area (Å²) in [5.74, 6) is -1.07. The number of carbonyl (C=O) groups is 2. The van der Waals surface area contributed by atoms with Crippen LogP contribution in [0.2, 0.25) is 0 Å². The van der Waals surface area contributed by atoms with Crippen molar-refractivity contribution in [2.45, 2.75) is 18.9 Å². The number of carbonyl (C=O) groups excluding carboxylic acids is 1. The van der Waals surface area contributed by atoms with Crippen LogP contribution < -0.4 is 5.32 Å². The molecule has 6 heteroatoms. The molecule has 0 spiro atoms. The summed E-state index contributed by atoms with van der Waals surface area (Å²) in [6.07, 6.45) is 0.249.